The molecule has 19 heavy (non-hydrogen) atoms. The minimum absolute atomic E-state index is 0.159. The minimum Gasteiger partial charge on any atom is -0.314 e. The summed E-state index contributed by atoms with van der Waals surface area (Å²) in [6, 6.07) is 8.12. The minimum atomic E-state index is -0.159. The van der Waals surface area contributed by atoms with Gasteiger partial charge in [-0.3, -0.25) is 0 Å². The van der Waals surface area contributed by atoms with Crippen LogP contribution in [0.15, 0.2) is 24.3 Å². The van der Waals surface area contributed by atoms with Crippen molar-refractivity contribution in [2.75, 3.05) is 6.54 Å². The van der Waals surface area contributed by atoms with Crippen molar-refractivity contribution in [1.82, 2.24) is 10.6 Å². The lowest BCUT2D eigenvalue weighted by Gasteiger charge is -2.28. The van der Waals surface area contributed by atoms with Crippen molar-refractivity contribution in [3.05, 3.63) is 35.6 Å². The fraction of sp³-hybridized carbons (Fsp3) is 0.625. The Morgan fingerprint density at radius 1 is 1.37 bits per heavy atom. The maximum atomic E-state index is 13.2. The van der Waals surface area contributed by atoms with E-state index < -0.39 is 0 Å². The van der Waals surface area contributed by atoms with Gasteiger partial charge in [-0.2, -0.15) is 0 Å². The van der Waals surface area contributed by atoms with E-state index in [-0.39, 0.29) is 11.9 Å². The first-order chi connectivity index (χ1) is 9.15. The molecule has 2 nitrogen and oxygen atoms in total. The molecule has 0 saturated carbocycles. The van der Waals surface area contributed by atoms with Gasteiger partial charge in [-0.1, -0.05) is 18.6 Å². The lowest BCUT2D eigenvalue weighted by molar-refractivity contribution is 0.334. The van der Waals surface area contributed by atoms with Crippen LogP contribution in [0.25, 0.3) is 0 Å². The van der Waals surface area contributed by atoms with E-state index in [4.69, 9.17) is 0 Å². The van der Waals surface area contributed by atoms with Crippen molar-refractivity contribution in [2.45, 2.75) is 57.7 Å². The van der Waals surface area contributed by atoms with Gasteiger partial charge in [0.25, 0.3) is 0 Å². The number of hydrogen-bond donors (Lipinski definition) is 2. The molecule has 3 atom stereocenters. The number of piperidine rings is 1. The topological polar surface area (TPSA) is 24.1 Å². The zero-order chi connectivity index (χ0) is 13.7. The predicted molar refractivity (Wildman–Crippen MR) is 77.7 cm³/mol. The van der Waals surface area contributed by atoms with Crippen molar-refractivity contribution in [3.8, 4) is 0 Å². The highest BCUT2D eigenvalue weighted by molar-refractivity contribution is 5.19. The van der Waals surface area contributed by atoms with Gasteiger partial charge in [0.15, 0.2) is 0 Å². The average Bonchev–Trinajstić information content (AvgIpc) is 2.39. The van der Waals surface area contributed by atoms with Gasteiger partial charge in [0.2, 0.25) is 0 Å². The van der Waals surface area contributed by atoms with Crippen molar-refractivity contribution in [1.29, 1.82) is 0 Å². The van der Waals surface area contributed by atoms with E-state index in [1.54, 1.807) is 12.1 Å². The number of halogens is 1. The van der Waals surface area contributed by atoms with Crippen LogP contribution in [-0.4, -0.2) is 18.6 Å². The Balaban J connectivity index is 1.82. The smallest absolute Gasteiger partial charge is 0.123 e. The van der Waals surface area contributed by atoms with Crippen LogP contribution in [0.3, 0.4) is 0 Å². The molecule has 0 amide bonds. The Kier molecular flexibility index (Phi) is 5.34. The first-order valence-corrected chi connectivity index (χ1v) is 7.40. The van der Waals surface area contributed by atoms with Crippen molar-refractivity contribution in [2.24, 2.45) is 0 Å². The first-order valence-electron chi connectivity index (χ1n) is 7.40. The van der Waals surface area contributed by atoms with E-state index in [0.29, 0.717) is 12.1 Å². The third-order valence-corrected chi connectivity index (χ3v) is 3.93. The molecule has 1 aromatic rings. The lowest BCUT2D eigenvalue weighted by Crippen LogP contribution is -2.40. The molecule has 3 heteroatoms. The summed E-state index contributed by atoms with van der Waals surface area (Å²) in [6.45, 7) is 5.46. The molecule has 1 aliphatic rings. The van der Waals surface area contributed by atoms with Crippen LogP contribution in [0.5, 0.6) is 0 Å². The lowest BCUT2D eigenvalue weighted by atomic mass is 9.98. The summed E-state index contributed by atoms with van der Waals surface area (Å²) in [4.78, 5) is 0. The molecule has 0 radical (unpaired) electrons. The zero-order valence-corrected chi connectivity index (χ0v) is 12.0. The monoisotopic (exact) mass is 264 g/mol. The molecule has 1 saturated heterocycles. The molecular formula is C16H25FN2. The van der Waals surface area contributed by atoms with Crippen LogP contribution < -0.4 is 10.6 Å². The second-order valence-corrected chi connectivity index (χ2v) is 5.73. The summed E-state index contributed by atoms with van der Waals surface area (Å²) in [5.74, 6) is -0.159. The van der Waals surface area contributed by atoms with Crippen LogP contribution >= 0.6 is 0 Å². The highest BCUT2D eigenvalue weighted by atomic mass is 19.1. The molecule has 1 heterocycles. The Morgan fingerprint density at radius 2 is 2.21 bits per heavy atom. The summed E-state index contributed by atoms with van der Waals surface area (Å²) in [7, 11) is 0. The SMILES string of the molecule is CC(CC1CCCCN1)N[C@@H](C)c1cccc(F)c1. The van der Waals surface area contributed by atoms with Gasteiger partial charge >= 0.3 is 0 Å². The Morgan fingerprint density at radius 3 is 2.89 bits per heavy atom. The molecule has 2 unspecified atom stereocenters. The van der Waals surface area contributed by atoms with Crippen LogP contribution in [-0.2, 0) is 0 Å². The summed E-state index contributed by atoms with van der Waals surface area (Å²) in [5, 5.41) is 7.14. The second kappa shape index (κ2) is 7.01. The summed E-state index contributed by atoms with van der Waals surface area (Å²) >= 11 is 0. The molecular weight excluding hydrogens is 239 g/mol. The standard InChI is InChI=1S/C16H25FN2/c1-12(10-16-8-3-4-9-18-16)19-13(2)14-6-5-7-15(17)11-14/h5-7,11-13,16,18-19H,3-4,8-10H2,1-2H3/t12?,13-,16?/m0/s1. The quantitative estimate of drug-likeness (QED) is 0.851. The fourth-order valence-corrected chi connectivity index (χ4v) is 2.92. The fourth-order valence-electron chi connectivity index (χ4n) is 2.92. The van der Waals surface area contributed by atoms with Gasteiger partial charge in [-0.15, -0.1) is 0 Å². The third-order valence-electron chi connectivity index (χ3n) is 3.93. The van der Waals surface area contributed by atoms with Gasteiger partial charge in [-0.05, 0) is 57.4 Å². The van der Waals surface area contributed by atoms with E-state index in [1.165, 1.54) is 25.3 Å². The van der Waals surface area contributed by atoms with Gasteiger partial charge in [0.05, 0.1) is 0 Å². The Labute approximate surface area is 115 Å². The number of benzene rings is 1. The molecule has 1 fully saturated rings. The highest BCUT2D eigenvalue weighted by Crippen LogP contribution is 2.17. The van der Waals surface area contributed by atoms with Crippen molar-refractivity contribution < 1.29 is 4.39 Å². The number of hydrogen-bond acceptors (Lipinski definition) is 2. The molecule has 2 rings (SSSR count). The Hall–Kier alpha value is -0.930. The van der Waals surface area contributed by atoms with Gasteiger partial charge in [0, 0.05) is 18.1 Å². The average molecular weight is 264 g/mol. The molecule has 1 aromatic carbocycles. The van der Waals surface area contributed by atoms with Crippen LogP contribution in [0.2, 0.25) is 0 Å². The number of rotatable bonds is 5. The van der Waals surface area contributed by atoms with Crippen molar-refractivity contribution >= 4 is 0 Å². The van der Waals surface area contributed by atoms with E-state index >= 15 is 0 Å². The largest absolute Gasteiger partial charge is 0.314 e. The predicted octanol–water partition coefficient (Wildman–Crippen LogP) is 3.40. The molecule has 2 N–H and O–H groups in total. The Bertz CT molecular complexity index is 388. The highest BCUT2D eigenvalue weighted by Gasteiger charge is 2.17. The summed E-state index contributed by atoms with van der Waals surface area (Å²) < 4.78 is 13.2. The van der Waals surface area contributed by atoms with E-state index in [2.05, 4.69) is 24.5 Å². The van der Waals surface area contributed by atoms with E-state index in [9.17, 15) is 4.39 Å². The second-order valence-electron chi connectivity index (χ2n) is 5.73. The molecule has 0 bridgehead atoms. The molecule has 0 aromatic heterocycles. The normalized spacial score (nSPS) is 23.0. The number of nitrogens with one attached hydrogen (secondary N) is 2. The van der Waals surface area contributed by atoms with E-state index in [1.807, 2.05) is 6.07 Å². The maximum absolute atomic E-state index is 13.2. The zero-order valence-electron chi connectivity index (χ0n) is 12.0. The molecule has 106 valence electrons. The van der Waals surface area contributed by atoms with Crippen LogP contribution in [0.1, 0.15) is 51.1 Å². The molecule has 1 aliphatic heterocycles. The van der Waals surface area contributed by atoms with Gasteiger partial charge in [0.1, 0.15) is 5.82 Å². The molecule has 0 aliphatic carbocycles. The van der Waals surface area contributed by atoms with Gasteiger partial charge < -0.3 is 10.6 Å². The maximum Gasteiger partial charge on any atom is 0.123 e. The van der Waals surface area contributed by atoms with Crippen LogP contribution in [0.4, 0.5) is 4.39 Å². The molecule has 0 spiro atoms. The van der Waals surface area contributed by atoms with Gasteiger partial charge in [-0.25, -0.2) is 4.39 Å². The third kappa shape index (κ3) is 4.59. The first kappa shape index (κ1) is 14.5. The summed E-state index contributed by atoms with van der Waals surface area (Å²) in [5.41, 5.74) is 1.02. The summed E-state index contributed by atoms with van der Waals surface area (Å²) in [6.07, 6.45) is 5.06. The van der Waals surface area contributed by atoms with Crippen LogP contribution in [0, 0.1) is 5.82 Å². The van der Waals surface area contributed by atoms with E-state index in [0.717, 1.165) is 18.5 Å². The van der Waals surface area contributed by atoms with Crippen molar-refractivity contribution in [3.63, 3.8) is 0 Å².